The van der Waals surface area contributed by atoms with Crippen LogP contribution >= 0.6 is 0 Å². The molecule has 2 aromatic heterocycles. The zero-order chi connectivity index (χ0) is 25.4. The number of hydrogen-bond donors (Lipinski definition) is 0. The molecule has 0 fully saturated rings. The Kier molecular flexibility index (Phi) is 4.32. The lowest BCUT2D eigenvalue weighted by Gasteiger charge is -2.17. The van der Waals surface area contributed by atoms with E-state index in [4.69, 9.17) is 0 Å². The minimum Gasteiger partial charge on any atom is -0.333 e. The first-order valence-corrected chi connectivity index (χ1v) is 12.9. The molecule has 0 atom stereocenters. The van der Waals surface area contributed by atoms with Crippen LogP contribution in [-0.4, -0.2) is 19.1 Å². The summed E-state index contributed by atoms with van der Waals surface area (Å²) in [6.07, 6.45) is 3.80. The van der Waals surface area contributed by atoms with E-state index in [0.29, 0.717) is 0 Å². The lowest BCUT2D eigenvalue weighted by Crippen LogP contribution is -1.93. The Labute approximate surface area is 219 Å². The zero-order valence-corrected chi connectivity index (χ0v) is 21.2. The number of hydrogen-bond acceptors (Lipinski definition) is 2. The summed E-state index contributed by atoms with van der Waals surface area (Å²) in [6.45, 7) is 0. The summed E-state index contributed by atoms with van der Waals surface area (Å²) in [4.78, 5) is 9.27. The minimum atomic E-state index is 1.01. The van der Waals surface area contributed by atoms with E-state index in [1.165, 1.54) is 54.6 Å². The van der Waals surface area contributed by atoms with Gasteiger partial charge in [-0.1, -0.05) is 78.9 Å². The average Bonchev–Trinajstić information content (AvgIpc) is 3.54. The number of rotatable bonds is 2. The predicted molar refractivity (Wildman–Crippen MR) is 158 cm³/mol. The van der Waals surface area contributed by atoms with Crippen LogP contribution in [0.4, 0.5) is 0 Å². The fourth-order valence-corrected chi connectivity index (χ4v) is 6.27. The van der Waals surface area contributed by atoms with E-state index in [1.807, 2.05) is 12.7 Å². The number of nitrogens with zero attached hydrogens (tertiary/aromatic N) is 4. The van der Waals surface area contributed by atoms with Gasteiger partial charge in [0, 0.05) is 25.2 Å². The van der Waals surface area contributed by atoms with E-state index >= 15 is 0 Å². The molecule has 8 rings (SSSR count). The summed E-state index contributed by atoms with van der Waals surface area (Å²) in [5, 5.41) is 7.53. The number of fused-ring (bicyclic) bond motifs is 7. The van der Waals surface area contributed by atoms with Crippen molar-refractivity contribution < 1.29 is 0 Å². The molecule has 0 saturated heterocycles. The van der Waals surface area contributed by atoms with Crippen LogP contribution in [0.1, 0.15) is 0 Å². The standard InChI is InChI=1S/C34H24N4/c1-37-19-35-29-14-6-12-26(33(29)37)24-11-5-9-21-16-17-25-28(27-13-7-15-30-34(27)38(2)20-36-30)18-22-8-3-4-10-23(22)32(25)31(21)24/h3-20H,1-2H3. The van der Waals surface area contributed by atoms with Crippen LogP contribution in [0.15, 0.2) is 110 Å². The van der Waals surface area contributed by atoms with Crippen molar-refractivity contribution in [2.75, 3.05) is 0 Å². The topological polar surface area (TPSA) is 35.6 Å². The maximum Gasteiger partial charge on any atom is 0.0955 e. The lowest BCUT2D eigenvalue weighted by atomic mass is 9.87. The van der Waals surface area contributed by atoms with Crippen molar-refractivity contribution in [2.24, 2.45) is 14.1 Å². The van der Waals surface area contributed by atoms with E-state index in [-0.39, 0.29) is 0 Å². The summed E-state index contributed by atoms with van der Waals surface area (Å²) in [5.41, 5.74) is 9.17. The number of aromatic nitrogens is 4. The smallest absolute Gasteiger partial charge is 0.0955 e. The first-order chi connectivity index (χ1) is 18.7. The van der Waals surface area contributed by atoms with Gasteiger partial charge in [0.2, 0.25) is 0 Å². The second-order valence-electron chi connectivity index (χ2n) is 10.1. The molecule has 4 heteroatoms. The molecule has 0 amide bonds. The summed E-state index contributed by atoms with van der Waals surface area (Å²) in [5.74, 6) is 0. The summed E-state index contributed by atoms with van der Waals surface area (Å²) in [7, 11) is 4.15. The van der Waals surface area contributed by atoms with Crippen molar-refractivity contribution >= 4 is 54.4 Å². The van der Waals surface area contributed by atoms with E-state index in [0.717, 1.165) is 22.1 Å². The third-order valence-corrected chi connectivity index (χ3v) is 7.92. The fourth-order valence-electron chi connectivity index (χ4n) is 6.27. The maximum atomic E-state index is 4.64. The van der Waals surface area contributed by atoms with Crippen molar-refractivity contribution in [3.8, 4) is 22.3 Å². The van der Waals surface area contributed by atoms with Gasteiger partial charge in [-0.25, -0.2) is 9.97 Å². The first kappa shape index (κ1) is 21.2. The van der Waals surface area contributed by atoms with Gasteiger partial charge >= 0.3 is 0 Å². The fraction of sp³-hybridized carbons (Fsp3) is 0.0588. The highest BCUT2D eigenvalue weighted by Gasteiger charge is 2.18. The molecule has 8 aromatic rings. The quantitative estimate of drug-likeness (QED) is 0.230. The zero-order valence-electron chi connectivity index (χ0n) is 21.2. The molecule has 4 nitrogen and oxygen atoms in total. The third-order valence-electron chi connectivity index (χ3n) is 7.92. The molecule has 0 spiro atoms. The Hall–Kier alpha value is -4.96. The van der Waals surface area contributed by atoms with Gasteiger partial charge in [0.15, 0.2) is 0 Å². The van der Waals surface area contributed by atoms with Gasteiger partial charge in [-0.15, -0.1) is 0 Å². The van der Waals surface area contributed by atoms with Crippen LogP contribution in [0.3, 0.4) is 0 Å². The average molecular weight is 489 g/mol. The van der Waals surface area contributed by atoms with Crippen molar-refractivity contribution in [1.82, 2.24) is 19.1 Å². The van der Waals surface area contributed by atoms with E-state index < -0.39 is 0 Å². The number of para-hydroxylation sites is 2. The largest absolute Gasteiger partial charge is 0.333 e. The van der Waals surface area contributed by atoms with Gasteiger partial charge < -0.3 is 9.13 Å². The normalized spacial score (nSPS) is 11.9. The molecule has 0 N–H and O–H groups in total. The number of aryl methyl sites for hydroxylation is 2. The molecule has 0 aliphatic rings. The molecular weight excluding hydrogens is 464 g/mol. The first-order valence-electron chi connectivity index (χ1n) is 12.9. The van der Waals surface area contributed by atoms with Gasteiger partial charge in [0.25, 0.3) is 0 Å². The Morgan fingerprint density at radius 1 is 0.474 bits per heavy atom. The minimum absolute atomic E-state index is 1.01. The Morgan fingerprint density at radius 2 is 1.08 bits per heavy atom. The molecule has 0 aliphatic heterocycles. The van der Waals surface area contributed by atoms with Gasteiger partial charge in [0.05, 0.1) is 34.7 Å². The Bertz CT molecular complexity index is 2140. The Balaban J connectivity index is 1.60. The van der Waals surface area contributed by atoms with Gasteiger partial charge in [-0.3, -0.25) is 0 Å². The van der Waals surface area contributed by atoms with Crippen LogP contribution in [0.2, 0.25) is 0 Å². The van der Waals surface area contributed by atoms with E-state index in [2.05, 4.69) is 130 Å². The van der Waals surface area contributed by atoms with Crippen molar-refractivity contribution in [1.29, 1.82) is 0 Å². The third kappa shape index (κ3) is 2.86. The van der Waals surface area contributed by atoms with Crippen LogP contribution < -0.4 is 0 Å². The summed E-state index contributed by atoms with van der Waals surface area (Å²) >= 11 is 0. The highest BCUT2D eigenvalue weighted by atomic mass is 15.0. The molecule has 180 valence electrons. The highest BCUT2D eigenvalue weighted by molar-refractivity contribution is 6.28. The van der Waals surface area contributed by atoms with Gasteiger partial charge in [-0.05, 0) is 61.6 Å². The van der Waals surface area contributed by atoms with Gasteiger partial charge in [-0.2, -0.15) is 0 Å². The number of benzene rings is 6. The highest BCUT2D eigenvalue weighted by Crippen LogP contribution is 2.44. The molecule has 0 radical (unpaired) electrons. The molecule has 0 saturated carbocycles. The second kappa shape index (κ2) is 7.77. The number of imidazole rings is 2. The van der Waals surface area contributed by atoms with Crippen LogP contribution in [0, 0.1) is 0 Å². The lowest BCUT2D eigenvalue weighted by molar-refractivity contribution is 0.948. The molecule has 38 heavy (non-hydrogen) atoms. The monoisotopic (exact) mass is 488 g/mol. The van der Waals surface area contributed by atoms with Crippen LogP contribution in [0.25, 0.3) is 76.6 Å². The van der Waals surface area contributed by atoms with Crippen LogP contribution in [-0.2, 0) is 14.1 Å². The van der Waals surface area contributed by atoms with Crippen LogP contribution in [0.5, 0.6) is 0 Å². The van der Waals surface area contributed by atoms with Crippen molar-refractivity contribution in [3.63, 3.8) is 0 Å². The molecular formula is C34H24N4. The molecule has 0 unspecified atom stereocenters. The van der Waals surface area contributed by atoms with Gasteiger partial charge in [0.1, 0.15) is 0 Å². The van der Waals surface area contributed by atoms with E-state index in [9.17, 15) is 0 Å². The molecule has 0 bridgehead atoms. The predicted octanol–water partition coefficient (Wildman–Crippen LogP) is 8.25. The molecule has 6 aromatic carbocycles. The summed E-state index contributed by atoms with van der Waals surface area (Å²) < 4.78 is 4.25. The maximum absolute atomic E-state index is 4.64. The molecule has 2 heterocycles. The SMILES string of the molecule is Cn1cnc2cccc(-c3cc4ccccc4c4c3ccc3cccc(-c5cccc6ncn(C)c56)c34)c21. The van der Waals surface area contributed by atoms with E-state index in [1.54, 1.807) is 0 Å². The van der Waals surface area contributed by atoms with Crippen molar-refractivity contribution in [3.05, 3.63) is 110 Å². The Morgan fingerprint density at radius 3 is 1.82 bits per heavy atom. The van der Waals surface area contributed by atoms with Crippen molar-refractivity contribution in [2.45, 2.75) is 0 Å². The molecule has 0 aliphatic carbocycles. The second-order valence-corrected chi connectivity index (χ2v) is 10.1. The summed E-state index contributed by atoms with van der Waals surface area (Å²) in [6, 6.07) is 35.2.